The van der Waals surface area contributed by atoms with E-state index in [4.69, 9.17) is 14.2 Å². The lowest BCUT2D eigenvalue weighted by Crippen LogP contribution is -2.38. The largest absolute Gasteiger partial charge is 0.460 e. The second-order valence-electron chi connectivity index (χ2n) is 7.75. The SMILES string of the molecule is CC1OC(=O)CCCCC(CCOCC2CC2)C1OCC1CC1. The van der Waals surface area contributed by atoms with E-state index in [-0.39, 0.29) is 18.2 Å². The predicted molar refractivity (Wildman–Crippen MR) is 88.1 cm³/mol. The van der Waals surface area contributed by atoms with Gasteiger partial charge in [-0.15, -0.1) is 0 Å². The molecule has 0 radical (unpaired) electrons. The minimum atomic E-state index is -0.146. The molecule has 2 saturated carbocycles. The monoisotopic (exact) mass is 324 g/mol. The maximum Gasteiger partial charge on any atom is 0.306 e. The highest BCUT2D eigenvalue weighted by molar-refractivity contribution is 5.69. The molecule has 1 saturated heterocycles. The highest BCUT2D eigenvalue weighted by Gasteiger charge is 2.33. The van der Waals surface area contributed by atoms with Crippen LogP contribution in [0.2, 0.25) is 0 Å². The maximum atomic E-state index is 11.8. The van der Waals surface area contributed by atoms with E-state index in [1.54, 1.807) is 0 Å². The Morgan fingerprint density at radius 2 is 1.78 bits per heavy atom. The Hall–Kier alpha value is -0.610. The minimum Gasteiger partial charge on any atom is -0.460 e. The molecule has 2 aliphatic carbocycles. The van der Waals surface area contributed by atoms with Crippen LogP contribution < -0.4 is 0 Å². The third kappa shape index (κ3) is 6.07. The molecule has 3 aliphatic rings. The Bertz CT molecular complexity index is 376. The predicted octanol–water partition coefficient (Wildman–Crippen LogP) is 3.72. The van der Waals surface area contributed by atoms with Crippen molar-refractivity contribution in [1.29, 1.82) is 0 Å². The summed E-state index contributed by atoms with van der Waals surface area (Å²) in [5.41, 5.74) is 0. The van der Waals surface area contributed by atoms with Crippen molar-refractivity contribution in [3.8, 4) is 0 Å². The lowest BCUT2D eigenvalue weighted by molar-refractivity contribution is -0.159. The number of rotatable bonds is 8. The third-order valence-corrected chi connectivity index (χ3v) is 5.36. The van der Waals surface area contributed by atoms with Crippen LogP contribution >= 0.6 is 0 Å². The molecule has 132 valence electrons. The summed E-state index contributed by atoms with van der Waals surface area (Å²) in [6.07, 6.45) is 9.82. The molecule has 3 rings (SSSR count). The van der Waals surface area contributed by atoms with Gasteiger partial charge in [-0.05, 0) is 69.6 Å². The Labute approximate surface area is 140 Å². The first-order chi connectivity index (χ1) is 11.2. The topological polar surface area (TPSA) is 44.8 Å². The number of carbonyl (C=O) groups is 1. The molecule has 1 aliphatic heterocycles. The van der Waals surface area contributed by atoms with E-state index in [0.29, 0.717) is 12.3 Å². The molecule has 0 aromatic carbocycles. The van der Waals surface area contributed by atoms with Crippen LogP contribution in [0.4, 0.5) is 0 Å². The van der Waals surface area contributed by atoms with Gasteiger partial charge in [0, 0.05) is 26.2 Å². The zero-order valence-corrected chi connectivity index (χ0v) is 14.5. The number of cyclic esters (lactones) is 1. The molecule has 1 heterocycles. The highest BCUT2D eigenvalue weighted by atomic mass is 16.6. The molecule has 0 aromatic rings. The first-order valence-corrected chi connectivity index (χ1v) is 9.61. The van der Waals surface area contributed by atoms with Crippen LogP contribution in [0.25, 0.3) is 0 Å². The summed E-state index contributed by atoms with van der Waals surface area (Å²) < 4.78 is 17.7. The first-order valence-electron chi connectivity index (χ1n) is 9.61. The van der Waals surface area contributed by atoms with Crippen LogP contribution in [-0.4, -0.2) is 38.0 Å². The molecule has 23 heavy (non-hydrogen) atoms. The van der Waals surface area contributed by atoms with Crippen LogP contribution in [0.3, 0.4) is 0 Å². The lowest BCUT2D eigenvalue weighted by atomic mass is 9.90. The average molecular weight is 324 g/mol. The fourth-order valence-corrected chi connectivity index (χ4v) is 3.44. The van der Waals surface area contributed by atoms with Crippen molar-refractivity contribution in [3.63, 3.8) is 0 Å². The van der Waals surface area contributed by atoms with Crippen molar-refractivity contribution in [1.82, 2.24) is 0 Å². The molecule has 3 atom stereocenters. The van der Waals surface area contributed by atoms with Gasteiger partial charge in [0.2, 0.25) is 0 Å². The summed E-state index contributed by atoms with van der Waals surface area (Å²) in [6.45, 7) is 4.56. The molecule has 3 unspecified atom stereocenters. The minimum absolute atomic E-state index is 0.0298. The summed E-state index contributed by atoms with van der Waals surface area (Å²) in [5, 5.41) is 0. The highest BCUT2D eigenvalue weighted by Crippen LogP contribution is 2.33. The van der Waals surface area contributed by atoms with Crippen molar-refractivity contribution in [2.24, 2.45) is 17.8 Å². The average Bonchev–Trinajstić information content (AvgIpc) is 3.41. The van der Waals surface area contributed by atoms with Gasteiger partial charge in [0.05, 0.1) is 6.10 Å². The third-order valence-electron chi connectivity index (χ3n) is 5.36. The molecule has 4 heteroatoms. The van der Waals surface area contributed by atoms with Crippen molar-refractivity contribution >= 4 is 5.97 Å². The first kappa shape index (κ1) is 17.2. The summed E-state index contributed by atoms with van der Waals surface area (Å²) in [5.74, 6) is 1.92. The molecular weight excluding hydrogens is 292 g/mol. The van der Waals surface area contributed by atoms with Crippen LogP contribution in [-0.2, 0) is 19.0 Å². The van der Waals surface area contributed by atoms with Gasteiger partial charge in [-0.25, -0.2) is 0 Å². The van der Waals surface area contributed by atoms with Crippen LogP contribution in [0.5, 0.6) is 0 Å². The van der Waals surface area contributed by atoms with Crippen LogP contribution in [0, 0.1) is 17.8 Å². The van der Waals surface area contributed by atoms with E-state index in [1.165, 1.54) is 25.7 Å². The number of carbonyl (C=O) groups excluding carboxylic acids is 1. The zero-order chi connectivity index (χ0) is 16.1. The lowest BCUT2D eigenvalue weighted by Gasteiger charge is -2.31. The molecule has 0 aromatic heterocycles. The Morgan fingerprint density at radius 1 is 1.04 bits per heavy atom. The van der Waals surface area contributed by atoms with Gasteiger partial charge in [-0.1, -0.05) is 6.42 Å². The molecule has 4 nitrogen and oxygen atoms in total. The van der Waals surface area contributed by atoms with E-state index >= 15 is 0 Å². The number of ether oxygens (including phenoxy) is 3. The standard InChI is InChI=1S/C19H32O4/c1-14-19(22-13-16-8-9-16)17(4-2-3-5-18(20)23-14)10-11-21-12-15-6-7-15/h14-17,19H,2-13H2,1H3. The Morgan fingerprint density at radius 3 is 2.52 bits per heavy atom. The van der Waals surface area contributed by atoms with Crippen molar-refractivity contribution in [3.05, 3.63) is 0 Å². The summed E-state index contributed by atoms with van der Waals surface area (Å²) >= 11 is 0. The molecule has 0 spiro atoms. The Kier molecular flexibility index (Phi) is 6.35. The van der Waals surface area contributed by atoms with Crippen molar-refractivity contribution in [2.45, 2.75) is 76.9 Å². The summed E-state index contributed by atoms with van der Waals surface area (Å²) in [7, 11) is 0. The smallest absolute Gasteiger partial charge is 0.306 e. The number of esters is 1. The van der Waals surface area contributed by atoms with Gasteiger partial charge in [0.25, 0.3) is 0 Å². The van der Waals surface area contributed by atoms with E-state index in [9.17, 15) is 4.79 Å². The van der Waals surface area contributed by atoms with Gasteiger partial charge in [-0.3, -0.25) is 4.79 Å². The summed E-state index contributed by atoms with van der Waals surface area (Å²) in [4.78, 5) is 11.8. The van der Waals surface area contributed by atoms with Crippen molar-refractivity contribution in [2.75, 3.05) is 19.8 Å². The molecule has 0 amide bonds. The van der Waals surface area contributed by atoms with E-state index < -0.39 is 0 Å². The van der Waals surface area contributed by atoms with Gasteiger partial charge in [0.15, 0.2) is 0 Å². The van der Waals surface area contributed by atoms with E-state index in [0.717, 1.165) is 57.3 Å². The Balaban J connectivity index is 1.52. The van der Waals surface area contributed by atoms with Gasteiger partial charge in [0.1, 0.15) is 6.10 Å². The fourth-order valence-electron chi connectivity index (χ4n) is 3.44. The number of hydrogen-bond donors (Lipinski definition) is 0. The van der Waals surface area contributed by atoms with Gasteiger partial charge < -0.3 is 14.2 Å². The van der Waals surface area contributed by atoms with E-state index in [1.807, 2.05) is 6.92 Å². The van der Waals surface area contributed by atoms with Crippen LogP contribution in [0.1, 0.15) is 64.7 Å². The molecular formula is C19H32O4. The molecule has 3 fully saturated rings. The molecule has 0 N–H and O–H groups in total. The zero-order valence-electron chi connectivity index (χ0n) is 14.5. The maximum absolute atomic E-state index is 11.8. The van der Waals surface area contributed by atoms with Crippen molar-refractivity contribution < 1.29 is 19.0 Å². The number of hydrogen-bond acceptors (Lipinski definition) is 4. The van der Waals surface area contributed by atoms with E-state index in [2.05, 4.69) is 0 Å². The summed E-state index contributed by atoms with van der Waals surface area (Å²) in [6, 6.07) is 0. The van der Waals surface area contributed by atoms with Crippen LogP contribution in [0.15, 0.2) is 0 Å². The second kappa shape index (κ2) is 8.48. The second-order valence-corrected chi connectivity index (χ2v) is 7.75. The van der Waals surface area contributed by atoms with Gasteiger partial charge in [-0.2, -0.15) is 0 Å². The normalized spacial score (nSPS) is 32.7. The molecule has 0 bridgehead atoms. The quantitative estimate of drug-likeness (QED) is 0.504. The fraction of sp³-hybridized carbons (Fsp3) is 0.947. The van der Waals surface area contributed by atoms with Gasteiger partial charge >= 0.3 is 5.97 Å².